The molecule has 1 saturated heterocycles. The number of piperazine rings is 1. The molecule has 0 aromatic carbocycles. The lowest BCUT2D eigenvalue weighted by Crippen LogP contribution is -2.51. The first-order chi connectivity index (χ1) is 11.9. The smallest absolute Gasteiger partial charge is 0.225 e. The molecule has 0 radical (unpaired) electrons. The van der Waals surface area contributed by atoms with Crippen molar-refractivity contribution in [2.75, 3.05) is 44.2 Å². The fourth-order valence-electron chi connectivity index (χ4n) is 4.13. The van der Waals surface area contributed by atoms with E-state index in [-0.39, 0.29) is 0 Å². The molecule has 6 nitrogen and oxygen atoms in total. The highest BCUT2D eigenvalue weighted by Gasteiger charge is 2.28. The highest BCUT2D eigenvalue weighted by Crippen LogP contribution is 2.25. The second-order valence-electron chi connectivity index (χ2n) is 7.24. The number of hydrogen-bond donors (Lipinski definition) is 1. The molecule has 0 bridgehead atoms. The zero-order valence-electron chi connectivity index (χ0n) is 14.4. The Morgan fingerprint density at radius 2 is 1.75 bits per heavy atom. The van der Waals surface area contributed by atoms with Crippen molar-refractivity contribution in [1.29, 1.82) is 0 Å². The SMILES string of the molecule is c1cnc(N2CCN(CC3CN=C(C4CCCCC4)N3)CC2)nc1. The van der Waals surface area contributed by atoms with Crippen molar-refractivity contribution in [3.8, 4) is 0 Å². The molecule has 0 amide bonds. The summed E-state index contributed by atoms with van der Waals surface area (Å²) in [5.41, 5.74) is 0. The highest BCUT2D eigenvalue weighted by molar-refractivity contribution is 5.86. The second kappa shape index (κ2) is 7.47. The third-order valence-corrected chi connectivity index (χ3v) is 5.51. The Bertz CT molecular complexity index is 546. The second-order valence-corrected chi connectivity index (χ2v) is 7.24. The summed E-state index contributed by atoms with van der Waals surface area (Å²) in [5.74, 6) is 2.87. The lowest BCUT2D eigenvalue weighted by Gasteiger charge is -2.36. The van der Waals surface area contributed by atoms with E-state index in [1.54, 1.807) is 0 Å². The molecule has 1 N–H and O–H groups in total. The Morgan fingerprint density at radius 3 is 2.50 bits per heavy atom. The fourth-order valence-corrected chi connectivity index (χ4v) is 4.13. The lowest BCUT2D eigenvalue weighted by atomic mass is 9.88. The average molecular weight is 328 g/mol. The third-order valence-electron chi connectivity index (χ3n) is 5.51. The predicted molar refractivity (Wildman–Crippen MR) is 96.5 cm³/mol. The van der Waals surface area contributed by atoms with Crippen LogP contribution in [-0.4, -0.2) is 66.0 Å². The summed E-state index contributed by atoms with van der Waals surface area (Å²) in [6, 6.07) is 2.37. The molecule has 2 fully saturated rings. The zero-order valence-corrected chi connectivity index (χ0v) is 14.4. The zero-order chi connectivity index (χ0) is 16.2. The van der Waals surface area contributed by atoms with Gasteiger partial charge in [0.1, 0.15) is 0 Å². The number of aliphatic imine (C=N–C) groups is 1. The lowest BCUT2D eigenvalue weighted by molar-refractivity contribution is 0.239. The summed E-state index contributed by atoms with van der Waals surface area (Å²) in [5, 5.41) is 3.72. The van der Waals surface area contributed by atoms with Gasteiger partial charge in [-0.25, -0.2) is 9.97 Å². The minimum absolute atomic E-state index is 0.501. The number of nitrogens with zero attached hydrogens (tertiary/aromatic N) is 5. The molecule has 1 atom stereocenters. The Kier molecular flexibility index (Phi) is 4.92. The van der Waals surface area contributed by atoms with Crippen molar-refractivity contribution in [3.63, 3.8) is 0 Å². The van der Waals surface area contributed by atoms with Crippen LogP contribution in [0.4, 0.5) is 5.95 Å². The van der Waals surface area contributed by atoms with Crippen molar-refractivity contribution in [2.45, 2.75) is 38.1 Å². The Hall–Kier alpha value is -1.69. The van der Waals surface area contributed by atoms with E-state index in [0.717, 1.165) is 45.2 Å². The van der Waals surface area contributed by atoms with E-state index in [2.05, 4.69) is 25.1 Å². The first kappa shape index (κ1) is 15.8. The van der Waals surface area contributed by atoms with E-state index in [0.29, 0.717) is 12.0 Å². The summed E-state index contributed by atoms with van der Waals surface area (Å²) in [6.07, 6.45) is 10.5. The van der Waals surface area contributed by atoms with E-state index >= 15 is 0 Å². The van der Waals surface area contributed by atoms with E-state index < -0.39 is 0 Å². The van der Waals surface area contributed by atoms with Gasteiger partial charge in [-0.3, -0.25) is 9.89 Å². The van der Waals surface area contributed by atoms with Crippen LogP contribution in [0.15, 0.2) is 23.5 Å². The van der Waals surface area contributed by atoms with Gasteiger partial charge in [0.2, 0.25) is 5.95 Å². The summed E-state index contributed by atoms with van der Waals surface area (Å²) in [4.78, 5) is 18.4. The Morgan fingerprint density at radius 1 is 1.00 bits per heavy atom. The summed E-state index contributed by atoms with van der Waals surface area (Å²) < 4.78 is 0. The van der Waals surface area contributed by atoms with Gasteiger partial charge in [0.25, 0.3) is 0 Å². The number of nitrogens with one attached hydrogen (secondary N) is 1. The van der Waals surface area contributed by atoms with Crippen molar-refractivity contribution in [1.82, 2.24) is 20.2 Å². The minimum Gasteiger partial charge on any atom is -0.368 e. The molecule has 1 unspecified atom stereocenters. The van der Waals surface area contributed by atoms with E-state index in [1.807, 2.05) is 18.5 Å². The molecule has 2 aliphatic heterocycles. The van der Waals surface area contributed by atoms with Gasteiger partial charge < -0.3 is 10.2 Å². The summed E-state index contributed by atoms with van der Waals surface area (Å²) in [6.45, 7) is 6.22. The van der Waals surface area contributed by atoms with E-state index in [9.17, 15) is 0 Å². The summed E-state index contributed by atoms with van der Waals surface area (Å²) in [7, 11) is 0. The Labute approximate surface area is 144 Å². The number of aromatic nitrogens is 2. The number of amidine groups is 1. The van der Waals surface area contributed by atoms with Gasteiger partial charge in [-0.05, 0) is 18.9 Å². The van der Waals surface area contributed by atoms with Gasteiger partial charge in [-0.1, -0.05) is 19.3 Å². The van der Waals surface area contributed by atoms with E-state index in [4.69, 9.17) is 4.99 Å². The van der Waals surface area contributed by atoms with Crippen molar-refractivity contribution in [3.05, 3.63) is 18.5 Å². The summed E-state index contributed by atoms with van der Waals surface area (Å²) >= 11 is 0. The molecule has 24 heavy (non-hydrogen) atoms. The largest absolute Gasteiger partial charge is 0.368 e. The van der Waals surface area contributed by atoms with Crippen LogP contribution < -0.4 is 10.2 Å². The molecule has 6 heteroatoms. The van der Waals surface area contributed by atoms with Crippen LogP contribution in [0.5, 0.6) is 0 Å². The van der Waals surface area contributed by atoms with Gasteiger partial charge >= 0.3 is 0 Å². The topological polar surface area (TPSA) is 56.7 Å². The predicted octanol–water partition coefficient (Wildman–Crippen LogP) is 1.55. The van der Waals surface area contributed by atoms with E-state index in [1.165, 1.54) is 37.9 Å². The molecule has 1 saturated carbocycles. The van der Waals surface area contributed by atoms with Gasteiger partial charge in [0, 0.05) is 51.0 Å². The normalized spacial score (nSPS) is 26.2. The first-order valence-corrected chi connectivity index (χ1v) is 9.44. The molecule has 1 aromatic rings. The quantitative estimate of drug-likeness (QED) is 0.909. The molecule has 1 aliphatic carbocycles. The standard InChI is InChI=1S/C18H28N6/c1-2-5-15(6-3-1)17-21-13-16(22-17)14-23-9-11-24(12-10-23)18-19-7-4-8-20-18/h4,7-8,15-16H,1-3,5-6,9-14H2,(H,21,22). The monoisotopic (exact) mass is 328 g/mol. The van der Waals surface area contributed by atoms with Crippen LogP contribution in [0.1, 0.15) is 32.1 Å². The number of rotatable bonds is 4. The van der Waals surface area contributed by atoms with Crippen molar-refractivity contribution >= 4 is 11.8 Å². The first-order valence-electron chi connectivity index (χ1n) is 9.44. The highest BCUT2D eigenvalue weighted by atomic mass is 15.3. The maximum atomic E-state index is 4.82. The molecule has 130 valence electrons. The molecular weight excluding hydrogens is 300 g/mol. The molecule has 0 spiro atoms. The fraction of sp³-hybridized carbons (Fsp3) is 0.722. The average Bonchev–Trinajstić information content (AvgIpc) is 3.12. The number of hydrogen-bond acceptors (Lipinski definition) is 6. The Balaban J connectivity index is 1.22. The van der Waals surface area contributed by atoms with Gasteiger partial charge in [-0.2, -0.15) is 0 Å². The molecule has 1 aromatic heterocycles. The van der Waals surface area contributed by atoms with Crippen LogP contribution in [0, 0.1) is 5.92 Å². The van der Waals surface area contributed by atoms with Crippen LogP contribution in [0.25, 0.3) is 0 Å². The molecule has 3 aliphatic rings. The maximum absolute atomic E-state index is 4.82. The van der Waals surface area contributed by atoms with Gasteiger partial charge in [0.05, 0.1) is 18.4 Å². The van der Waals surface area contributed by atoms with Crippen LogP contribution >= 0.6 is 0 Å². The van der Waals surface area contributed by atoms with Crippen molar-refractivity contribution < 1.29 is 0 Å². The van der Waals surface area contributed by atoms with Gasteiger partial charge in [-0.15, -0.1) is 0 Å². The molecule has 4 rings (SSSR count). The van der Waals surface area contributed by atoms with Crippen LogP contribution in [0.2, 0.25) is 0 Å². The number of anilines is 1. The van der Waals surface area contributed by atoms with Gasteiger partial charge in [0.15, 0.2) is 0 Å². The van der Waals surface area contributed by atoms with Crippen molar-refractivity contribution in [2.24, 2.45) is 10.9 Å². The molecular formula is C18H28N6. The molecule has 3 heterocycles. The maximum Gasteiger partial charge on any atom is 0.225 e. The van der Waals surface area contributed by atoms with Crippen LogP contribution in [-0.2, 0) is 0 Å². The minimum atomic E-state index is 0.501. The third kappa shape index (κ3) is 3.69. The van der Waals surface area contributed by atoms with Crippen LogP contribution in [0.3, 0.4) is 0 Å².